The van der Waals surface area contributed by atoms with Gasteiger partial charge in [0.05, 0.1) is 10.2 Å². The number of carbonyl (C=O) groups excluding carboxylic acids is 1. The van der Waals surface area contributed by atoms with Gasteiger partial charge in [-0.3, -0.25) is 10.0 Å². The second kappa shape index (κ2) is 4.49. The van der Waals surface area contributed by atoms with E-state index in [1.807, 2.05) is 16.8 Å². The zero-order valence-corrected chi connectivity index (χ0v) is 10.7. The third kappa shape index (κ3) is 1.90. The Hall–Kier alpha value is -1.76. The Bertz CT molecular complexity index is 704. The number of nitrogens with zero attached hydrogens (tertiary/aromatic N) is 1. The number of hydrogen-bond acceptors (Lipinski definition) is 5. The van der Waals surface area contributed by atoms with Crippen LogP contribution in [-0.2, 0) is 0 Å². The van der Waals surface area contributed by atoms with Crippen LogP contribution in [0.4, 0.5) is 0 Å². The average molecular weight is 276 g/mol. The third-order valence-electron chi connectivity index (χ3n) is 2.52. The number of nitrogens with one attached hydrogen (secondary N) is 1. The van der Waals surface area contributed by atoms with Crippen LogP contribution < -0.4 is 5.48 Å². The van der Waals surface area contributed by atoms with Crippen LogP contribution in [0.1, 0.15) is 10.4 Å². The first kappa shape index (κ1) is 11.3. The summed E-state index contributed by atoms with van der Waals surface area (Å²) in [4.78, 5) is 15.8. The standard InChI is InChI=1S/C12H8N2O2S2/c15-11(14-16)7-1-2-9-10(5-7)18-12(13-9)8-3-4-17-6-8/h1-6,16H,(H,14,15). The molecule has 0 aliphatic rings. The fraction of sp³-hybridized carbons (Fsp3) is 0. The highest BCUT2D eigenvalue weighted by atomic mass is 32.1. The van der Waals surface area contributed by atoms with E-state index in [9.17, 15) is 4.79 Å². The highest BCUT2D eigenvalue weighted by Crippen LogP contribution is 2.31. The van der Waals surface area contributed by atoms with Gasteiger partial charge in [-0.1, -0.05) is 0 Å². The maximum atomic E-state index is 11.3. The number of benzene rings is 1. The first-order valence-corrected chi connectivity index (χ1v) is 6.91. The van der Waals surface area contributed by atoms with Gasteiger partial charge >= 0.3 is 0 Å². The lowest BCUT2D eigenvalue weighted by atomic mass is 10.2. The van der Waals surface area contributed by atoms with E-state index in [-0.39, 0.29) is 0 Å². The largest absolute Gasteiger partial charge is 0.288 e. The van der Waals surface area contributed by atoms with Crippen LogP contribution in [0, 0.1) is 0 Å². The summed E-state index contributed by atoms with van der Waals surface area (Å²) in [5.41, 5.74) is 4.00. The molecule has 2 heterocycles. The van der Waals surface area contributed by atoms with E-state index < -0.39 is 5.91 Å². The van der Waals surface area contributed by atoms with E-state index in [0.29, 0.717) is 5.56 Å². The smallest absolute Gasteiger partial charge is 0.274 e. The van der Waals surface area contributed by atoms with Gasteiger partial charge in [0.25, 0.3) is 5.91 Å². The summed E-state index contributed by atoms with van der Waals surface area (Å²) in [6, 6.07) is 7.18. The molecule has 0 saturated carbocycles. The molecule has 0 unspecified atom stereocenters. The van der Waals surface area contributed by atoms with Gasteiger partial charge in [-0.15, -0.1) is 11.3 Å². The Morgan fingerprint density at radius 3 is 2.94 bits per heavy atom. The van der Waals surface area contributed by atoms with Crippen LogP contribution in [0.2, 0.25) is 0 Å². The van der Waals surface area contributed by atoms with Crippen molar-refractivity contribution in [3.05, 3.63) is 40.6 Å². The molecule has 2 aromatic heterocycles. The van der Waals surface area contributed by atoms with Crippen molar-refractivity contribution in [3.8, 4) is 10.6 Å². The SMILES string of the molecule is O=C(NO)c1ccc2nc(-c3ccsc3)sc2c1. The molecule has 6 heteroatoms. The van der Waals surface area contributed by atoms with Gasteiger partial charge in [0.15, 0.2) is 0 Å². The molecule has 0 spiro atoms. The number of fused-ring (bicyclic) bond motifs is 1. The molecule has 0 aliphatic heterocycles. The Labute approximate surface area is 110 Å². The second-order valence-electron chi connectivity index (χ2n) is 3.65. The van der Waals surface area contributed by atoms with Gasteiger partial charge in [-0.05, 0) is 29.6 Å². The zero-order valence-electron chi connectivity index (χ0n) is 9.08. The second-order valence-corrected chi connectivity index (χ2v) is 5.47. The Morgan fingerprint density at radius 1 is 1.33 bits per heavy atom. The lowest BCUT2D eigenvalue weighted by molar-refractivity contribution is 0.0706. The minimum absolute atomic E-state index is 0.422. The molecular formula is C12H8N2O2S2. The quantitative estimate of drug-likeness (QED) is 0.558. The number of rotatable bonds is 2. The molecule has 2 N–H and O–H groups in total. The van der Waals surface area contributed by atoms with Crippen molar-refractivity contribution in [2.45, 2.75) is 0 Å². The van der Waals surface area contributed by atoms with E-state index in [1.54, 1.807) is 35.0 Å². The number of thiazole rings is 1. The van der Waals surface area contributed by atoms with Crippen molar-refractivity contribution < 1.29 is 10.0 Å². The molecule has 0 aliphatic carbocycles. The maximum absolute atomic E-state index is 11.3. The van der Waals surface area contributed by atoms with E-state index in [4.69, 9.17) is 5.21 Å². The predicted molar refractivity (Wildman–Crippen MR) is 72.2 cm³/mol. The predicted octanol–water partition coefficient (Wildman–Crippen LogP) is 3.14. The average Bonchev–Trinajstić information content (AvgIpc) is 3.04. The lowest BCUT2D eigenvalue weighted by Gasteiger charge is -1.96. The molecule has 0 bridgehead atoms. The van der Waals surface area contributed by atoms with Crippen LogP contribution in [-0.4, -0.2) is 16.1 Å². The van der Waals surface area contributed by atoms with Crippen LogP contribution in [0.25, 0.3) is 20.8 Å². The summed E-state index contributed by atoms with van der Waals surface area (Å²) in [5.74, 6) is -0.512. The topological polar surface area (TPSA) is 62.2 Å². The van der Waals surface area contributed by atoms with Crippen LogP contribution in [0.5, 0.6) is 0 Å². The van der Waals surface area contributed by atoms with Gasteiger partial charge in [-0.2, -0.15) is 11.3 Å². The first-order chi connectivity index (χ1) is 8.78. The first-order valence-electron chi connectivity index (χ1n) is 5.15. The van der Waals surface area contributed by atoms with Crippen LogP contribution in [0.3, 0.4) is 0 Å². The van der Waals surface area contributed by atoms with Crippen LogP contribution >= 0.6 is 22.7 Å². The number of carbonyl (C=O) groups is 1. The Balaban J connectivity index is 2.10. The van der Waals surface area contributed by atoms with E-state index in [0.717, 1.165) is 20.8 Å². The molecule has 3 aromatic rings. The Morgan fingerprint density at radius 2 is 2.22 bits per heavy atom. The molecule has 0 saturated heterocycles. The molecular weight excluding hydrogens is 268 g/mol. The minimum Gasteiger partial charge on any atom is -0.288 e. The van der Waals surface area contributed by atoms with E-state index >= 15 is 0 Å². The van der Waals surface area contributed by atoms with Crippen molar-refractivity contribution in [2.75, 3.05) is 0 Å². The van der Waals surface area contributed by atoms with Crippen molar-refractivity contribution in [3.63, 3.8) is 0 Å². The minimum atomic E-state index is -0.512. The molecule has 0 fully saturated rings. The zero-order chi connectivity index (χ0) is 12.5. The summed E-state index contributed by atoms with van der Waals surface area (Å²) < 4.78 is 0.928. The van der Waals surface area contributed by atoms with Crippen molar-refractivity contribution in [1.29, 1.82) is 0 Å². The van der Waals surface area contributed by atoms with E-state index in [1.165, 1.54) is 11.3 Å². The maximum Gasteiger partial charge on any atom is 0.274 e. The number of aromatic nitrogens is 1. The van der Waals surface area contributed by atoms with E-state index in [2.05, 4.69) is 4.98 Å². The van der Waals surface area contributed by atoms with Crippen LogP contribution in [0.15, 0.2) is 35.0 Å². The van der Waals surface area contributed by atoms with Gasteiger partial charge < -0.3 is 0 Å². The van der Waals surface area contributed by atoms with Crippen molar-refractivity contribution in [2.24, 2.45) is 0 Å². The van der Waals surface area contributed by atoms with Gasteiger partial charge in [0, 0.05) is 16.5 Å². The lowest BCUT2D eigenvalue weighted by Crippen LogP contribution is -2.18. The summed E-state index contributed by atoms with van der Waals surface area (Å²) in [7, 11) is 0. The summed E-state index contributed by atoms with van der Waals surface area (Å²) in [6.45, 7) is 0. The highest BCUT2D eigenvalue weighted by molar-refractivity contribution is 7.22. The summed E-state index contributed by atoms with van der Waals surface area (Å²) in [5, 5.41) is 13.6. The summed E-state index contributed by atoms with van der Waals surface area (Å²) in [6.07, 6.45) is 0. The molecule has 18 heavy (non-hydrogen) atoms. The van der Waals surface area contributed by atoms with Crippen molar-refractivity contribution in [1.82, 2.24) is 10.5 Å². The number of thiophene rings is 1. The molecule has 90 valence electrons. The molecule has 1 amide bonds. The monoisotopic (exact) mass is 276 g/mol. The Kier molecular flexibility index (Phi) is 2.83. The summed E-state index contributed by atoms with van der Waals surface area (Å²) >= 11 is 3.16. The molecule has 0 atom stereocenters. The number of amides is 1. The fourth-order valence-electron chi connectivity index (χ4n) is 1.64. The van der Waals surface area contributed by atoms with Crippen molar-refractivity contribution >= 4 is 38.8 Å². The van der Waals surface area contributed by atoms with Gasteiger partial charge in [-0.25, -0.2) is 10.5 Å². The van der Waals surface area contributed by atoms with Gasteiger partial charge in [0.1, 0.15) is 5.01 Å². The normalized spacial score (nSPS) is 10.7. The molecule has 4 nitrogen and oxygen atoms in total. The third-order valence-corrected chi connectivity index (χ3v) is 4.27. The molecule has 3 rings (SSSR count). The van der Waals surface area contributed by atoms with Gasteiger partial charge in [0.2, 0.25) is 0 Å². The fourth-order valence-corrected chi connectivity index (χ4v) is 3.36. The molecule has 0 radical (unpaired) electrons. The number of hydroxylamine groups is 1. The molecule has 1 aromatic carbocycles. The number of hydrogen-bond donors (Lipinski definition) is 2. The highest BCUT2D eigenvalue weighted by Gasteiger charge is 2.10.